The Labute approximate surface area is 285 Å². The first kappa shape index (κ1) is 32.2. The van der Waals surface area contributed by atoms with Gasteiger partial charge in [-0.3, -0.25) is 4.79 Å². The molecule has 4 atom stereocenters. The highest BCUT2D eigenvalue weighted by Crippen LogP contribution is 2.48. The number of nitrogens with one attached hydrogen (secondary N) is 1. The number of aliphatic hydroxyl groups excluding tert-OH is 1. The number of carbonyl (C=O) groups is 3. The molecule has 0 bridgehead atoms. The molecule has 3 heterocycles. The number of thioether (sulfide) groups is 1. The molecule has 2 aliphatic rings. The lowest BCUT2D eigenvalue weighted by atomic mass is 9.84. The topological polar surface area (TPSA) is 138 Å². The fraction of sp³-hybridized carbons (Fsp3) is 0.158. The maximum absolute atomic E-state index is 13.2. The summed E-state index contributed by atoms with van der Waals surface area (Å²) in [6.07, 6.45) is -0.271. The van der Waals surface area contributed by atoms with Crippen molar-refractivity contribution in [2.24, 2.45) is 0 Å². The van der Waals surface area contributed by atoms with E-state index >= 15 is 0 Å². The number of hydrogen-bond donors (Lipinski definition) is 2. The highest BCUT2D eigenvalue weighted by atomic mass is 32.2. The third-order valence-corrected chi connectivity index (χ3v) is 9.59. The molecule has 0 aliphatic carbocycles. The number of carbonyl (C=O) groups excluding carboxylic acids is 3. The number of fused-ring (bicyclic) bond motifs is 1. The average molecular weight is 675 g/mol. The van der Waals surface area contributed by atoms with Crippen LogP contribution in [0, 0.1) is 5.21 Å². The largest absolute Gasteiger partial charge is 0.618 e. The summed E-state index contributed by atoms with van der Waals surface area (Å²) in [6.45, 7) is -0.0859. The van der Waals surface area contributed by atoms with E-state index < -0.39 is 36.3 Å². The van der Waals surface area contributed by atoms with Crippen LogP contribution in [0.5, 0.6) is 0 Å². The first-order valence-corrected chi connectivity index (χ1v) is 16.5. The lowest BCUT2D eigenvalue weighted by Gasteiger charge is -2.43. The number of esters is 2. The Balaban J connectivity index is 1.20. The molecule has 0 radical (unpaired) electrons. The Hall–Kier alpha value is -5.33. The summed E-state index contributed by atoms with van der Waals surface area (Å²) in [7, 11) is 0. The number of aromatic nitrogens is 1. The Morgan fingerprint density at radius 3 is 2.33 bits per heavy atom. The zero-order chi connectivity index (χ0) is 33.9. The number of aliphatic hydroxyl groups is 1. The average Bonchev–Trinajstić information content (AvgIpc) is 3.43. The van der Waals surface area contributed by atoms with Gasteiger partial charge in [-0.1, -0.05) is 78.5 Å². The van der Waals surface area contributed by atoms with Crippen molar-refractivity contribution in [3.05, 3.63) is 166 Å². The molecule has 1 saturated heterocycles. The van der Waals surface area contributed by atoms with Gasteiger partial charge in [-0.2, -0.15) is 4.73 Å². The van der Waals surface area contributed by atoms with E-state index in [4.69, 9.17) is 9.47 Å². The maximum Gasteiger partial charge on any atom is 0.346 e. The van der Waals surface area contributed by atoms with Crippen molar-refractivity contribution in [3.63, 3.8) is 0 Å². The van der Waals surface area contributed by atoms with E-state index in [-0.39, 0.29) is 29.2 Å². The monoisotopic (exact) mass is 674 g/mol. The van der Waals surface area contributed by atoms with E-state index in [0.717, 1.165) is 21.4 Å². The van der Waals surface area contributed by atoms with Crippen LogP contribution in [0.15, 0.2) is 126 Å². The molecule has 1 fully saturated rings. The van der Waals surface area contributed by atoms with E-state index in [9.17, 15) is 24.7 Å². The molecule has 246 valence electrons. The molecule has 11 heteroatoms. The summed E-state index contributed by atoms with van der Waals surface area (Å²) in [5.41, 5.74) is 4.14. The van der Waals surface area contributed by atoms with Crippen molar-refractivity contribution in [1.82, 2.24) is 0 Å². The second kappa shape index (κ2) is 14.0. The molecule has 4 aromatic carbocycles. The molecule has 2 aliphatic heterocycles. The molecule has 1 aromatic heterocycles. The fourth-order valence-electron chi connectivity index (χ4n) is 6.04. The van der Waals surface area contributed by atoms with Crippen LogP contribution in [0.2, 0.25) is 0 Å². The quantitative estimate of drug-likeness (QED) is 0.0624. The van der Waals surface area contributed by atoms with Gasteiger partial charge in [0.2, 0.25) is 0 Å². The summed E-state index contributed by atoms with van der Waals surface area (Å²) in [5.74, 6) is -1.82. The van der Waals surface area contributed by atoms with Crippen molar-refractivity contribution in [1.29, 1.82) is 0 Å². The Morgan fingerprint density at radius 1 is 0.796 bits per heavy atom. The second-order valence-electron chi connectivity index (χ2n) is 11.6. The Bertz CT molecular complexity index is 2020. The standard InChI is InChI=1S/C38H30N2O8S/c41-21-23-12-14-25(15-13-23)34-33(24-7-2-1-3-8-24)31(22-49-32-11-4-5-18-40(32)45)46-38(47-34)27-9-6-10-28(19-27)39-35(42)26-16-17-29-30(20-26)37(44)48-36(29)43/h1-20,31,33-34,38,41H,21-22H2,(H,39,42). The summed E-state index contributed by atoms with van der Waals surface area (Å²) in [6, 6.07) is 34.1. The van der Waals surface area contributed by atoms with Crippen LogP contribution in [-0.2, 0) is 20.8 Å². The van der Waals surface area contributed by atoms with Crippen molar-refractivity contribution in [2.75, 3.05) is 11.1 Å². The SMILES string of the molecule is O=C(Nc1cccc(C2OC(CSc3cccc[n+]3[O-])C(c3ccccc3)C(c3ccc(CO)cc3)O2)c1)c1ccc2c(c1)C(=O)OC2=O. The number of rotatable bonds is 9. The van der Waals surface area contributed by atoms with Gasteiger partial charge in [-0.15, -0.1) is 0 Å². The Morgan fingerprint density at radius 2 is 1.55 bits per heavy atom. The van der Waals surface area contributed by atoms with Crippen LogP contribution in [0.25, 0.3) is 0 Å². The Kier molecular flexibility index (Phi) is 9.23. The van der Waals surface area contributed by atoms with Crippen molar-refractivity contribution >= 4 is 35.3 Å². The highest BCUT2D eigenvalue weighted by molar-refractivity contribution is 7.99. The first-order valence-electron chi connectivity index (χ1n) is 15.6. The van der Waals surface area contributed by atoms with Crippen LogP contribution in [0.4, 0.5) is 5.69 Å². The number of hydrogen-bond acceptors (Lipinski definition) is 9. The lowest BCUT2D eigenvalue weighted by Crippen LogP contribution is -2.39. The molecule has 2 N–H and O–H groups in total. The molecule has 49 heavy (non-hydrogen) atoms. The van der Waals surface area contributed by atoms with E-state index in [0.29, 0.717) is 22.0 Å². The van der Waals surface area contributed by atoms with Crippen LogP contribution in [0.1, 0.15) is 71.6 Å². The fourth-order valence-corrected chi connectivity index (χ4v) is 7.02. The number of anilines is 1. The number of cyclic esters (lactones) is 2. The smallest absolute Gasteiger partial charge is 0.346 e. The van der Waals surface area contributed by atoms with Gasteiger partial charge in [0, 0.05) is 40.6 Å². The molecule has 0 saturated carbocycles. The predicted molar refractivity (Wildman–Crippen MR) is 180 cm³/mol. The van der Waals surface area contributed by atoms with E-state index in [1.807, 2.05) is 66.7 Å². The summed E-state index contributed by atoms with van der Waals surface area (Å²) >= 11 is 1.40. The molecule has 0 spiro atoms. The van der Waals surface area contributed by atoms with Gasteiger partial charge in [0.1, 0.15) is 0 Å². The van der Waals surface area contributed by atoms with Gasteiger partial charge in [0.05, 0.1) is 29.9 Å². The van der Waals surface area contributed by atoms with Crippen molar-refractivity contribution in [2.45, 2.75) is 36.0 Å². The third kappa shape index (κ3) is 6.83. The van der Waals surface area contributed by atoms with Crippen molar-refractivity contribution < 1.29 is 38.4 Å². The minimum atomic E-state index is -0.846. The van der Waals surface area contributed by atoms with Crippen LogP contribution in [0.3, 0.4) is 0 Å². The number of pyridine rings is 1. The number of benzene rings is 4. The van der Waals surface area contributed by atoms with Crippen LogP contribution < -0.4 is 10.0 Å². The minimum absolute atomic E-state index is 0.0448. The van der Waals surface area contributed by atoms with Crippen LogP contribution >= 0.6 is 11.8 Å². The van der Waals surface area contributed by atoms with E-state index in [1.54, 1.807) is 30.3 Å². The minimum Gasteiger partial charge on any atom is -0.618 e. The summed E-state index contributed by atoms with van der Waals surface area (Å²) in [5, 5.41) is 25.6. The zero-order valence-electron chi connectivity index (χ0n) is 25.9. The predicted octanol–water partition coefficient (Wildman–Crippen LogP) is 6.11. The van der Waals surface area contributed by atoms with Gasteiger partial charge in [-0.25, -0.2) is 9.59 Å². The van der Waals surface area contributed by atoms with E-state index in [1.165, 1.54) is 36.2 Å². The molecule has 1 amide bonds. The van der Waals surface area contributed by atoms with E-state index in [2.05, 4.69) is 10.1 Å². The first-order chi connectivity index (χ1) is 23.9. The second-order valence-corrected chi connectivity index (χ2v) is 12.6. The van der Waals surface area contributed by atoms with Gasteiger partial charge < -0.3 is 29.8 Å². The third-order valence-electron chi connectivity index (χ3n) is 8.48. The highest BCUT2D eigenvalue weighted by Gasteiger charge is 2.42. The summed E-state index contributed by atoms with van der Waals surface area (Å²) in [4.78, 5) is 37.1. The maximum atomic E-state index is 13.2. The molecule has 10 nitrogen and oxygen atoms in total. The summed E-state index contributed by atoms with van der Waals surface area (Å²) < 4.78 is 19.0. The molecular formula is C38H30N2O8S. The van der Waals surface area contributed by atoms with Crippen LogP contribution in [-0.4, -0.2) is 34.8 Å². The molecular weight excluding hydrogens is 644 g/mol. The van der Waals surface area contributed by atoms with Crippen molar-refractivity contribution in [3.8, 4) is 0 Å². The number of ether oxygens (including phenoxy) is 3. The number of nitrogens with zero attached hydrogens (tertiary/aromatic N) is 1. The molecule has 7 rings (SSSR count). The normalized spacial score (nSPS) is 20.0. The van der Waals surface area contributed by atoms with Gasteiger partial charge in [0.15, 0.2) is 12.5 Å². The number of amides is 1. The lowest BCUT2D eigenvalue weighted by molar-refractivity contribution is -0.645. The molecule has 5 aromatic rings. The zero-order valence-corrected chi connectivity index (χ0v) is 26.7. The van der Waals surface area contributed by atoms with Gasteiger partial charge >= 0.3 is 11.9 Å². The van der Waals surface area contributed by atoms with Gasteiger partial charge in [-0.05, 0) is 53.1 Å². The molecule has 4 unspecified atom stereocenters. The van der Waals surface area contributed by atoms with Gasteiger partial charge in [0.25, 0.3) is 10.9 Å².